The zero-order valence-electron chi connectivity index (χ0n) is 18.6. The highest BCUT2D eigenvalue weighted by molar-refractivity contribution is 6.04. The number of likely N-dealkylation sites (N-methyl/N-ethyl adjacent to an activating group) is 1. The van der Waals surface area contributed by atoms with Crippen LogP contribution < -0.4 is 19.5 Å². The number of benzene rings is 2. The van der Waals surface area contributed by atoms with E-state index in [0.717, 1.165) is 6.42 Å². The predicted octanol–water partition coefficient (Wildman–Crippen LogP) is 3.09. The van der Waals surface area contributed by atoms with Crippen molar-refractivity contribution >= 4 is 17.6 Å². The topological polar surface area (TPSA) is 115 Å². The molecule has 2 amide bonds. The standard InChI is InChI=1S/C24H24N4O6/c1-28-7-9-32-21-13-16(2-3-20(21)24(28)30)33-18-10-15(23(29)26-22-4-6-25-27-22)11-19(12-18)34-17-5-8-31-14-17/h2-4,6,10-13,17H,5,7-9,14H2,1H3,(H2,25,26,27,29)/t17-/m0/s1. The first-order valence-electron chi connectivity index (χ1n) is 11.0. The first kappa shape index (κ1) is 21.8. The summed E-state index contributed by atoms with van der Waals surface area (Å²) in [5.41, 5.74) is 0.828. The summed E-state index contributed by atoms with van der Waals surface area (Å²) < 4.78 is 23.2. The van der Waals surface area contributed by atoms with Crippen LogP contribution in [0.3, 0.4) is 0 Å². The number of rotatable bonds is 6. The van der Waals surface area contributed by atoms with Gasteiger partial charge in [0, 0.05) is 37.2 Å². The Morgan fingerprint density at radius 2 is 2.03 bits per heavy atom. The van der Waals surface area contributed by atoms with Crippen molar-refractivity contribution in [3.63, 3.8) is 0 Å². The highest BCUT2D eigenvalue weighted by atomic mass is 16.5. The fraction of sp³-hybridized carbons (Fsp3) is 0.292. The lowest BCUT2D eigenvalue weighted by Gasteiger charge is -2.16. The van der Waals surface area contributed by atoms with E-state index in [1.165, 1.54) is 0 Å². The summed E-state index contributed by atoms with van der Waals surface area (Å²) in [4.78, 5) is 27.0. The second-order valence-electron chi connectivity index (χ2n) is 8.06. The number of amides is 2. The molecule has 2 aliphatic rings. The number of aromatic nitrogens is 2. The SMILES string of the molecule is CN1CCOc2cc(Oc3cc(O[C@H]4CCOC4)cc(C(=O)Nc4ccn[nH]4)c3)ccc2C1=O. The van der Waals surface area contributed by atoms with Crippen LogP contribution in [0.4, 0.5) is 5.82 Å². The number of ether oxygens (including phenoxy) is 4. The van der Waals surface area contributed by atoms with E-state index < -0.39 is 0 Å². The molecular formula is C24H24N4O6. The fourth-order valence-electron chi connectivity index (χ4n) is 3.75. The number of anilines is 1. The average molecular weight is 464 g/mol. The van der Waals surface area contributed by atoms with Crippen LogP contribution in [0, 0.1) is 0 Å². The molecule has 2 aromatic carbocycles. The van der Waals surface area contributed by atoms with E-state index in [0.29, 0.717) is 66.3 Å². The Labute approximate surface area is 195 Å². The summed E-state index contributed by atoms with van der Waals surface area (Å²) >= 11 is 0. The van der Waals surface area contributed by atoms with Gasteiger partial charge in [-0.25, -0.2) is 0 Å². The third kappa shape index (κ3) is 4.81. The van der Waals surface area contributed by atoms with E-state index in [-0.39, 0.29) is 17.9 Å². The highest BCUT2D eigenvalue weighted by Crippen LogP contribution is 2.33. The third-order valence-corrected chi connectivity index (χ3v) is 5.53. The lowest BCUT2D eigenvalue weighted by molar-refractivity contribution is 0.0796. The highest BCUT2D eigenvalue weighted by Gasteiger charge is 2.22. The van der Waals surface area contributed by atoms with Crippen LogP contribution in [0.2, 0.25) is 0 Å². The minimum Gasteiger partial charge on any atom is -0.491 e. The van der Waals surface area contributed by atoms with E-state index >= 15 is 0 Å². The number of carbonyl (C=O) groups excluding carboxylic acids is 2. The van der Waals surface area contributed by atoms with Crippen LogP contribution in [0.25, 0.3) is 0 Å². The Bertz CT molecular complexity index is 1190. The molecule has 1 fully saturated rings. The zero-order chi connectivity index (χ0) is 23.5. The lowest BCUT2D eigenvalue weighted by atomic mass is 10.1. The van der Waals surface area contributed by atoms with Crippen LogP contribution in [0.15, 0.2) is 48.7 Å². The molecular weight excluding hydrogens is 440 g/mol. The van der Waals surface area contributed by atoms with Gasteiger partial charge in [0.05, 0.1) is 31.5 Å². The Kier molecular flexibility index (Phi) is 6.05. The quantitative estimate of drug-likeness (QED) is 0.576. The van der Waals surface area contributed by atoms with Gasteiger partial charge in [-0.05, 0) is 24.3 Å². The Balaban J connectivity index is 1.42. The summed E-state index contributed by atoms with van der Waals surface area (Å²) in [5.74, 6) is 1.85. The van der Waals surface area contributed by atoms with Crippen molar-refractivity contribution in [3.05, 3.63) is 59.8 Å². The summed E-state index contributed by atoms with van der Waals surface area (Å²) in [6.45, 7) is 2.02. The Morgan fingerprint density at radius 3 is 2.82 bits per heavy atom. The van der Waals surface area contributed by atoms with Gasteiger partial charge >= 0.3 is 0 Å². The Hall–Kier alpha value is -4.05. The van der Waals surface area contributed by atoms with Crippen LogP contribution in [0.1, 0.15) is 27.1 Å². The number of H-pyrrole nitrogens is 1. The minimum absolute atomic E-state index is 0.0948. The van der Waals surface area contributed by atoms with Gasteiger partial charge in [0.15, 0.2) is 0 Å². The van der Waals surface area contributed by atoms with Gasteiger partial charge in [-0.1, -0.05) is 0 Å². The van der Waals surface area contributed by atoms with Crippen molar-refractivity contribution < 1.29 is 28.5 Å². The number of hydrogen-bond donors (Lipinski definition) is 2. The maximum atomic E-state index is 12.8. The molecule has 2 aliphatic heterocycles. The molecule has 2 N–H and O–H groups in total. The number of hydrogen-bond acceptors (Lipinski definition) is 7. The monoisotopic (exact) mass is 464 g/mol. The summed E-state index contributed by atoms with van der Waals surface area (Å²) in [6.07, 6.45) is 2.22. The minimum atomic E-state index is -0.346. The normalized spacial score (nSPS) is 17.5. The Morgan fingerprint density at radius 1 is 1.15 bits per heavy atom. The molecule has 5 rings (SSSR count). The molecule has 1 atom stereocenters. The van der Waals surface area contributed by atoms with Crippen molar-refractivity contribution in [1.82, 2.24) is 15.1 Å². The number of carbonyl (C=O) groups is 2. The number of fused-ring (bicyclic) bond motifs is 1. The van der Waals surface area contributed by atoms with Crippen molar-refractivity contribution in [2.75, 3.05) is 38.7 Å². The van der Waals surface area contributed by atoms with Gasteiger partial charge in [0.25, 0.3) is 11.8 Å². The van der Waals surface area contributed by atoms with Crippen LogP contribution in [-0.4, -0.2) is 66.4 Å². The van der Waals surface area contributed by atoms with Gasteiger partial charge in [-0.3, -0.25) is 14.7 Å². The van der Waals surface area contributed by atoms with Crippen LogP contribution >= 0.6 is 0 Å². The second kappa shape index (κ2) is 9.44. The van der Waals surface area contributed by atoms with Gasteiger partial charge in [0.2, 0.25) is 0 Å². The van der Waals surface area contributed by atoms with E-state index in [1.807, 2.05) is 0 Å². The molecule has 1 aromatic heterocycles. The largest absolute Gasteiger partial charge is 0.491 e. The molecule has 3 heterocycles. The molecule has 0 saturated carbocycles. The predicted molar refractivity (Wildman–Crippen MR) is 122 cm³/mol. The van der Waals surface area contributed by atoms with E-state index in [1.54, 1.807) is 60.6 Å². The average Bonchev–Trinajstić information content (AvgIpc) is 3.51. The number of aromatic amines is 1. The summed E-state index contributed by atoms with van der Waals surface area (Å²) in [6, 6.07) is 11.7. The van der Waals surface area contributed by atoms with Crippen LogP contribution in [-0.2, 0) is 4.74 Å². The van der Waals surface area contributed by atoms with Gasteiger partial charge in [-0.2, -0.15) is 5.10 Å². The molecule has 176 valence electrons. The van der Waals surface area contributed by atoms with Crippen molar-refractivity contribution in [2.24, 2.45) is 0 Å². The molecule has 0 spiro atoms. The fourth-order valence-corrected chi connectivity index (χ4v) is 3.75. The maximum absolute atomic E-state index is 12.8. The smallest absolute Gasteiger partial charge is 0.257 e. The molecule has 1 saturated heterocycles. The first-order valence-corrected chi connectivity index (χ1v) is 11.0. The van der Waals surface area contributed by atoms with Crippen molar-refractivity contribution in [2.45, 2.75) is 12.5 Å². The van der Waals surface area contributed by atoms with Crippen LogP contribution in [0.5, 0.6) is 23.0 Å². The van der Waals surface area contributed by atoms with E-state index in [4.69, 9.17) is 18.9 Å². The second-order valence-corrected chi connectivity index (χ2v) is 8.06. The number of nitrogens with one attached hydrogen (secondary N) is 2. The first-order chi connectivity index (χ1) is 16.5. The molecule has 0 unspecified atom stereocenters. The number of nitrogens with zero attached hydrogens (tertiary/aromatic N) is 2. The third-order valence-electron chi connectivity index (χ3n) is 5.53. The molecule has 10 heteroatoms. The molecule has 0 bridgehead atoms. The molecule has 10 nitrogen and oxygen atoms in total. The van der Waals surface area contributed by atoms with Gasteiger partial charge < -0.3 is 29.2 Å². The zero-order valence-corrected chi connectivity index (χ0v) is 18.6. The molecule has 0 aliphatic carbocycles. The maximum Gasteiger partial charge on any atom is 0.257 e. The van der Waals surface area contributed by atoms with Crippen molar-refractivity contribution in [1.29, 1.82) is 0 Å². The van der Waals surface area contributed by atoms with E-state index in [2.05, 4.69) is 15.5 Å². The van der Waals surface area contributed by atoms with E-state index in [9.17, 15) is 9.59 Å². The molecule has 0 radical (unpaired) electrons. The molecule has 34 heavy (non-hydrogen) atoms. The summed E-state index contributed by atoms with van der Waals surface area (Å²) in [5, 5.41) is 9.29. The summed E-state index contributed by atoms with van der Waals surface area (Å²) in [7, 11) is 1.74. The van der Waals surface area contributed by atoms with Crippen molar-refractivity contribution in [3.8, 4) is 23.0 Å². The van der Waals surface area contributed by atoms with Gasteiger partial charge in [0.1, 0.15) is 41.5 Å². The van der Waals surface area contributed by atoms with Gasteiger partial charge in [-0.15, -0.1) is 0 Å². The molecule has 3 aromatic rings. The lowest BCUT2D eigenvalue weighted by Crippen LogP contribution is -2.27.